The molecule has 0 N–H and O–H groups in total. The van der Waals surface area contributed by atoms with Crippen molar-refractivity contribution in [1.29, 1.82) is 0 Å². The number of carbonyl (C=O) groups is 1. The predicted octanol–water partition coefficient (Wildman–Crippen LogP) is 3.56. The lowest BCUT2D eigenvalue weighted by atomic mass is 10.0. The minimum absolute atomic E-state index is 0.0435. The fraction of sp³-hybridized carbons (Fsp3) is 0.533. The molecule has 1 aliphatic rings. The van der Waals surface area contributed by atoms with E-state index in [1.165, 1.54) is 29.4 Å². The van der Waals surface area contributed by atoms with Crippen LogP contribution in [0, 0.1) is 0 Å². The number of ketones is 1. The smallest absolute Gasteiger partial charge is 0.300 e. The van der Waals surface area contributed by atoms with Crippen molar-refractivity contribution in [3.8, 4) is 0 Å². The Morgan fingerprint density at radius 3 is 2.64 bits per heavy atom. The summed E-state index contributed by atoms with van der Waals surface area (Å²) in [5.41, 5.74) is -0.875. The number of carbonyl (C=O) groups excluding carboxylic acids is 1. The first-order valence-corrected chi connectivity index (χ1v) is 8.25. The van der Waals surface area contributed by atoms with Crippen LogP contribution < -0.4 is 0 Å². The zero-order valence-corrected chi connectivity index (χ0v) is 13.0. The second-order valence-electron chi connectivity index (χ2n) is 5.44. The summed E-state index contributed by atoms with van der Waals surface area (Å²) in [6.07, 6.45) is -1.97. The second kappa shape index (κ2) is 6.91. The van der Waals surface area contributed by atoms with E-state index in [1.54, 1.807) is 0 Å². The van der Waals surface area contributed by atoms with Crippen LogP contribution in [0.5, 0.6) is 0 Å². The van der Waals surface area contributed by atoms with Gasteiger partial charge in [0.15, 0.2) is 0 Å². The highest BCUT2D eigenvalue weighted by molar-refractivity contribution is 7.82. The average molecular weight is 333 g/mol. The molecule has 7 heteroatoms. The molecule has 2 atom stereocenters. The van der Waals surface area contributed by atoms with Crippen LogP contribution in [0.1, 0.15) is 38.2 Å². The highest BCUT2D eigenvalue weighted by atomic mass is 32.2. The van der Waals surface area contributed by atoms with Crippen LogP contribution in [-0.2, 0) is 22.0 Å². The van der Waals surface area contributed by atoms with Crippen molar-refractivity contribution in [3.05, 3.63) is 29.8 Å². The number of alkyl halides is 3. The van der Waals surface area contributed by atoms with E-state index < -0.39 is 22.7 Å². The summed E-state index contributed by atoms with van der Waals surface area (Å²) >= 11 is 0. The van der Waals surface area contributed by atoms with E-state index in [-0.39, 0.29) is 23.1 Å². The normalized spacial score (nSPS) is 21.5. The first-order chi connectivity index (χ1) is 10.3. The first-order valence-electron chi connectivity index (χ1n) is 7.15. The second-order valence-corrected chi connectivity index (χ2v) is 6.85. The molecule has 1 saturated heterocycles. The summed E-state index contributed by atoms with van der Waals surface area (Å²) in [7, 11) is -1.91. The molecule has 0 aliphatic carbocycles. The minimum Gasteiger partial charge on any atom is -0.300 e. The van der Waals surface area contributed by atoms with E-state index in [0.29, 0.717) is 13.0 Å². The third kappa shape index (κ3) is 3.95. The Morgan fingerprint density at radius 1 is 1.32 bits per heavy atom. The molecule has 22 heavy (non-hydrogen) atoms. The number of hydrogen-bond donors (Lipinski definition) is 0. The summed E-state index contributed by atoms with van der Waals surface area (Å²) in [5, 5.41) is 0. The van der Waals surface area contributed by atoms with Gasteiger partial charge >= 0.3 is 6.18 Å². The molecule has 122 valence electrons. The zero-order valence-electron chi connectivity index (χ0n) is 12.2. The zero-order chi connectivity index (χ0) is 16.3. The third-order valence-electron chi connectivity index (χ3n) is 3.69. The van der Waals surface area contributed by atoms with E-state index in [2.05, 4.69) is 0 Å². The Hall–Kier alpha value is -1.21. The van der Waals surface area contributed by atoms with Crippen LogP contribution in [0.2, 0.25) is 0 Å². The maximum atomic E-state index is 13.1. The topological polar surface area (TPSA) is 37.4 Å². The Labute approximate surface area is 130 Å². The van der Waals surface area contributed by atoms with Gasteiger partial charge in [-0.05, 0) is 31.9 Å². The Morgan fingerprint density at radius 2 is 2.00 bits per heavy atom. The molecule has 1 aromatic carbocycles. The minimum atomic E-state index is -4.54. The number of Topliss-reactive ketones (excluding diaryl/α,β-unsaturated/α-hetero) is 1. The van der Waals surface area contributed by atoms with Gasteiger partial charge in [-0.2, -0.15) is 13.2 Å². The van der Waals surface area contributed by atoms with Crippen molar-refractivity contribution >= 4 is 16.8 Å². The summed E-state index contributed by atoms with van der Waals surface area (Å²) < 4.78 is 53.5. The lowest BCUT2D eigenvalue weighted by Gasteiger charge is -2.34. The van der Waals surface area contributed by atoms with Crippen LogP contribution in [0.4, 0.5) is 13.2 Å². The molecular weight excluding hydrogens is 315 g/mol. The SMILES string of the molecule is CC(=O)C[C@@H]1CCCCN1S(=O)c1ccccc1C(F)(F)F. The van der Waals surface area contributed by atoms with Gasteiger partial charge in [-0.1, -0.05) is 18.6 Å². The van der Waals surface area contributed by atoms with Crippen LogP contribution in [0.15, 0.2) is 29.2 Å². The fourth-order valence-corrected chi connectivity index (χ4v) is 4.27. The summed E-state index contributed by atoms with van der Waals surface area (Å²) in [4.78, 5) is 11.1. The largest absolute Gasteiger partial charge is 0.417 e. The number of rotatable bonds is 4. The first kappa shape index (κ1) is 17.1. The van der Waals surface area contributed by atoms with E-state index in [1.807, 2.05) is 0 Å². The van der Waals surface area contributed by atoms with Gasteiger partial charge in [-0.25, -0.2) is 8.51 Å². The number of benzene rings is 1. The van der Waals surface area contributed by atoms with Crippen molar-refractivity contribution in [2.45, 2.75) is 49.7 Å². The number of nitrogens with zero attached hydrogens (tertiary/aromatic N) is 1. The predicted molar refractivity (Wildman–Crippen MR) is 77.5 cm³/mol. The van der Waals surface area contributed by atoms with Crippen LogP contribution in [-0.4, -0.2) is 26.9 Å². The van der Waals surface area contributed by atoms with Crippen molar-refractivity contribution < 1.29 is 22.2 Å². The number of halogens is 3. The fourth-order valence-electron chi connectivity index (χ4n) is 2.71. The summed E-state index contributed by atoms with van der Waals surface area (Å²) in [6, 6.07) is 4.67. The molecule has 1 aromatic rings. The summed E-state index contributed by atoms with van der Waals surface area (Å²) in [6.45, 7) is 1.89. The lowest BCUT2D eigenvalue weighted by Crippen LogP contribution is -2.42. The molecule has 3 nitrogen and oxygen atoms in total. The maximum absolute atomic E-state index is 13.1. The molecular formula is C15H18F3NO2S. The van der Waals surface area contributed by atoms with Crippen molar-refractivity contribution in [2.24, 2.45) is 0 Å². The maximum Gasteiger partial charge on any atom is 0.417 e. The van der Waals surface area contributed by atoms with E-state index in [4.69, 9.17) is 0 Å². The molecule has 0 aromatic heterocycles. The van der Waals surface area contributed by atoms with Crippen LogP contribution in [0.3, 0.4) is 0 Å². The molecule has 1 aliphatic heterocycles. The Kier molecular flexibility index (Phi) is 5.39. The lowest BCUT2D eigenvalue weighted by molar-refractivity contribution is -0.139. The molecule has 1 heterocycles. The van der Waals surface area contributed by atoms with Gasteiger partial charge in [0, 0.05) is 19.0 Å². The van der Waals surface area contributed by atoms with Crippen LogP contribution in [0.25, 0.3) is 0 Å². The summed E-state index contributed by atoms with van der Waals surface area (Å²) in [5.74, 6) is -0.0435. The molecule has 2 rings (SSSR count). The molecule has 0 spiro atoms. The number of hydrogen-bond acceptors (Lipinski definition) is 2. The van der Waals surface area contributed by atoms with Gasteiger partial charge in [0.25, 0.3) is 0 Å². The highest BCUT2D eigenvalue weighted by Gasteiger charge is 2.37. The van der Waals surface area contributed by atoms with Crippen molar-refractivity contribution in [1.82, 2.24) is 4.31 Å². The van der Waals surface area contributed by atoms with E-state index in [0.717, 1.165) is 18.9 Å². The molecule has 0 radical (unpaired) electrons. The van der Waals surface area contributed by atoms with Gasteiger partial charge < -0.3 is 0 Å². The van der Waals surface area contributed by atoms with Gasteiger partial charge in [-0.15, -0.1) is 0 Å². The standard InChI is InChI=1S/C15H18F3NO2S/c1-11(20)10-12-6-4-5-9-19(12)22(21)14-8-3-2-7-13(14)15(16,17)18/h2-3,7-8,12H,4-6,9-10H2,1H3/t12-,22?/m0/s1. The average Bonchev–Trinajstić information content (AvgIpc) is 2.45. The Bertz CT molecular complexity index is 574. The monoisotopic (exact) mass is 333 g/mol. The molecule has 1 unspecified atom stereocenters. The van der Waals surface area contributed by atoms with E-state index in [9.17, 15) is 22.2 Å². The molecule has 0 bridgehead atoms. The van der Waals surface area contributed by atoms with Gasteiger partial charge in [0.2, 0.25) is 0 Å². The molecule has 0 amide bonds. The van der Waals surface area contributed by atoms with Crippen molar-refractivity contribution in [2.75, 3.05) is 6.54 Å². The quantitative estimate of drug-likeness (QED) is 0.845. The van der Waals surface area contributed by atoms with Gasteiger partial charge in [-0.3, -0.25) is 4.79 Å². The van der Waals surface area contributed by atoms with Gasteiger partial charge in [0.05, 0.1) is 10.5 Å². The highest BCUT2D eigenvalue weighted by Crippen LogP contribution is 2.35. The third-order valence-corrected chi connectivity index (χ3v) is 5.33. The van der Waals surface area contributed by atoms with Crippen molar-refractivity contribution in [3.63, 3.8) is 0 Å². The number of piperidine rings is 1. The molecule has 0 saturated carbocycles. The molecule has 1 fully saturated rings. The Balaban J connectivity index is 2.32. The van der Waals surface area contributed by atoms with Crippen LogP contribution >= 0.6 is 0 Å². The van der Waals surface area contributed by atoms with Gasteiger partial charge in [0.1, 0.15) is 16.8 Å². The van der Waals surface area contributed by atoms with E-state index >= 15 is 0 Å².